The van der Waals surface area contributed by atoms with Crippen molar-refractivity contribution in [3.63, 3.8) is 0 Å². The molecule has 0 amide bonds. The van der Waals surface area contributed by atoms with Gasteiger partial charge in [-0.3, -0.25) is 0 Å². The Hall–Kier alpha value is -2.19. The van der Waals surface area contributed by atoms with Gasteiger partial charge in [0.1, 0.15) is 11.5 Å². The van der Waals surface area contributed by atoms with E-state index in [0.717, 1.165) is 35.4 Å². The van der Waals surface area contributed by atoms with E-state index in [2.05, 4.69) is 73.5 Å². The zero-order chi connectivity index (χ0) is 22.9. The molecule has 0 unspecified atom stereocenters. The molecular formula is C27H33IN2O2S. The molecule has 0 radical (unpaired) electrons. The Bertz CT molecular complexity index is 954. The van der Waals surface area contributed by atoms with Gasteiger partial charge in [-0.2, -0.15) is 0 Å². The Morgan fingerprint density at radius 3 is 1.61 bits per heavy atom. The van der Waals surface area contributed by atoms with Crippen molar-refractivity contribution >= 4 is 46.6 Å². The minimum Gasteiger partial charge on any atom is -0.497 e. The lowest BCUT2D eigenvalue weighted by atomic mass is 10.0. The van der Waals surface area contributed by atoms with Crippen LogP contribution in [0.1, 0.15) is 36.5 Å². The highest BCUT2D eigenvalue weighted by Crippen LogP contribution is 2.24. The average Bonchev–Trinajstić information content (AvgIpc) is 2.83. The van der Waals surface area contributed by atoms with Crippen molar-refractivity contribution in [1.29, 1.82) is 0 Å². The minimum atomic E-state index is 0. The van der Waals surface area contributed by atoms with Crippen molar-refractivity contribution < 1.29 is 9.47 Å². The van der Waals surface area contributed by atoms with Crippen molar-refractivity contribution in [3.05, 3.63) is 89.5 Å². The van der Waals surface area contributed by atoms with Crippen LogP contribution in [0.2, 0.25) is 0 Å². The molecule has 4 nitrogen and oxygen atoms in total. The number of amidine groups is 1. The fourth-order valence-corrected chi connectivity index (χ4v) is 3.97. The van der Waals surface area contributed by atoms with Crippen molar-refractivity contribution in [3.8, 4) is 11.5 Å². The summed E-state index contributed by atoms with van der Waals surface area (Å²) in [6, 6.07) is 25.0. The number of ether oxygens (including phenoxy) is 2. The number of hydrogen-bond acceptors (Lipinski definition) is 4. The van der Waals surface area contributed by atoms with E-state index in [4.69, 9.17) is 14.5 Å². The summed E-state index contributed by atoms with van der Waals surface area (Å²) in [4.78, 5) is 7.30. The van der Waals surface area contributed by atoms with Gasteiger partial charge in [-0.1, -0.05) is 62.0 Å². The van der Waals surface area contributed by atoms with Crippen LogP contribution in [0.4, 0.5) is 5.69 Å². The Labute approximate surface area is 219 Å². The predicted molar refractivity (Wildman–Crippen MR) is 152 cm³/mol. The van der Waals surface area contributed by atoms with E-state index in [-0.39, 0.29) is 24.0 Å². The van der Waals surface area contributed by atoms with Gasteiger partial charge >= 0.3 is 0 Å². The van der Waals surface area contributed by atoms with Crippen molar-refractivity contribution in [2.45, 2.75) is 32.9 Å². The number of benzene rings is 3. The molecule has 3 aromatic rings. The van der Waals surface area contributed by atoms with E-state index >= 15 is 0 Å². The van der Waals surface area contributed by atoms with Crippen LogP contribution in [0, 0.1) is 0 Å². The van der Waals surface area contributed by atoms with E-state index in [1.54, 1.807) is 26.0 Å². The number of halogens is 1. The third-order valence-electron chi connectivity index (χ3n) is 5.30. The molecule has 0 spiro atoms. The fraction of sp³-hybridized carbons (Fsp3) is 0.296. The molecule has 0 fully saturated rings. The Balaban J connectivity index is 0.00000385. The maximum absolute atomic E-state index is 5.31. The van der Waals surface area contributed by atoms with Crippen molar-refractivity contribution in [2.75, 3.05) is 20.5 Å². The van der Waals surface area contributed by atoms with Crippen LogP contribution in [-0.2, 0) is 13.1 Å². The molecular weight excluding hydrogens is 543 g/mol. The second-order valence-corrected chi connectivity index (χ2v) is 8.67. The Morgan fingerprint density at radius 1 is 0.788 bits per heavy atom. The summed E-state index contributed by atoms with van der Waals surface area (Å²) in [7, 11) is 3.38. The van der Waals surface area contributed by atoms with E-state index < -0.39 is 0 Å². The SMILES string of the molecule is COc1ccc(CN(Cc2ccc(OC)cc2)C(=Nc2ccc(C(C)C)cc2)SC)cc1.I. The summed E-state index contributed by atoms with van der Waals surface area (Å²) < 4.78 is 10.6. The third-order valence-corrected chi connectivity index (χ3v) is 6.02. The lowest BCUT2D eigenvalue weighted by molar-refractivity contribution is 0.405. The summed E-state index contributed by atoms with van der Waals surface area (Å²) in [5.74, 6) is 2.23. The molecule has 0 aliphatic heterocycles. The van der Waals surface area contributed by atoms with Crippen LogP contribution < -0.4 is 9.47 Å². The minimum absolute atomic E-state index is 0. The lowest BCUT2D eigenvalue weighted by Crippen LogP contribution is -2.27. The second-order valence-electron chi connectivity index (χ2n) is 7.90. The van der Waals surface area contributed by atoms with Gasteiger partial charge in [0.2, 0.25) is 0 Å². The highest BCUT2D eigenvalue weighted by atomic mass is 127. The molecule has 0 aliphatic carbocycles. The number of methoxy groups -OCH3 is 2. The first-order valence-corrected chi connectivity index (χ1v) is 12.0. The average molecular weight is 577 g/mol. The smallest absolute Gasteiger partial charge is 0.164 e. The molecule has 0 saturated heterocycles. The summed E-state index contributed by atoms with van der Waals surface area (Å²) in [6.07, 6.45) is 2.08. The summed E-state index contributed by atoms with van der Waals surface area (Å²) in [5, 5.41) is 0.980. The number of thioether (sulfide) groups is 1. The van der Waals surface area contributed by atoms with Gasteiger partial charge in [0.05, 0.1) is 19.9 Å². The van der Waals surface area contributed by atoms with Gasteiger partial charge in [0.15, 0.2) is 5.17 Å². The van der Waals surface area contributed by atoms with Crippen LogP contribution in [0.25, 0.3) is 0 Å². The predicted octanol–water partition coefficient (Wildman–Crippen LogP) is 7.50. The van der Waals surface area contributed by atoms with E-state index in [9.17, 15) is 0 Å². The van der Waals surface area contributed by atoms with Crippen molar-refractivity contribution in [2.24, 2.45) is 4.99 Å². The van der Waals surface area contributed by atoms with Gasteiger partial charge in [0, 0.05) is 13.1 Å². The third kappa shape index (κ3) is 7.96. The Morgan fingerprint density at radius 2 is 1.24 bits per heavy atom. The number of aliphatic imine (C=N–C) groups is 1. The number of hydrogen-bond donors (Lipinski definition) is 0. The molecule has 0 saturated carbocycles. The Kier molecular flexibility index (Phi) is 11.1. The second kappa shape index (κ2) is 13.5. The molecule has 0 aliphatic rings. The summed E-state index contributed by atoms with van der Waals surface area (Å²) >= 11 is 1.66. The fourth-order valence-electron chi connectivity index (χ4n) is 3.38. The summed E-state index contributed by atoms with van der Waals surface area (Å²) in [6.45, 7) is 5.91. The van der Waals surface area contributed by atoms with E-state index in [0.29, 0.717) is 5.92 Å². The molecule has 0 heterocycles. The first-order valence-electron chi connectivity index (χ1n) is 10.8. The van der Waals surface area contributed by atoms with Crippen LogP contribution in [0.3, 0.4) is 0 Å². The molecule has 6 heteroatoms. The highest BCUT2D eigenvalue weighted by Gasteiger charge is 2.13. The molecule has 3 aromatic carbocycles. The van der Waals surface area contributed by atoms with Gasteiger partial charge in [0.25, 0.3) is 0 Å². The maximum atomic E-state index is 5.31. The van der Waals surface area contributed by atoms with Gasteiger partial charge in [-0.15, -0.1) is 24.0 Å². The zero-order valence-corrected chi connectivity index (χ0v) is 23.1. The van der Waals surface area contributed by atoms with E-state index in [1.165, 1.54) is 16.7 Å². The largest absolute Gasteiger partial charge is 0.497 e. The van der Waals surface area contributed by atoms with E-state index in [1.807, 2.05) is 24.3 Å². The monoisotopic (exact) mass is 576 g/mol. The molecule has 3 rings (SSSR count). The number of nitrogens with zero attached hydrogens (tertiary/aromatic N) is 2. The first kappa shape index (κ1) is 27.1. The maximum Gasteiger partial charge on any atom is 0.164 e. The molecule has 176 valence electrons. The quantitative estimate of drug-likeness (QED) is 0.158. The standard InChI is InChI=1S/C27H32N2O2S.HI/c1-20(2)23-10-12-24(13-11-23)28-27(32-5)29(18-21-6-14-25(30-3)15-7-21)19-22-8-16-26(31-4)17-9-22;/h6-17,20H,18-19H2,1-5H3;1H. The molecule has 0 aromatic heterocycles. The van der Waals surface area contributed by atoms with Crippen molar-refractivity contribution in [1.82, 2.24) is 4.90 Å². The highest BCUT2D eigenvalue weighted by molar-refractivity contribution is 14.0. The van der Waals surface area contributed by atoms with Gasteiger partial charge in [-0.05, 0) is 65.3 Å². The zero-order valence-electron chi connectivity index (χ0n) is 19.9. The molecule has 0 N–H and O–H groups in total. The van der Waals surface area contributed by atoms with Crippen LogP contribution in [0.5, 0.6) is 11.5 Å². The topological polar surface area (TPSA) is 34.1 Å². The number of rotatable bonds is 8. The van der Waals surface area contributed by atoms with Gasteiger partial charge < -0.3 is 14.4 Å². The molecule has 33 heavy (non-hydrogen) atoms. The molecule has 0 atom stereocenters. The normalized spacial score (nSPS) is 11.2. The summed E-state index contributed by atoms with van der Waals surface area (Å²) in [5.41, 5.74) is 4.70. The first-order chi connectivity index (χ1) is 15.5. The molecule has 0 bridgehead atoms. The lowest BCUT2D eigenvalue weighted by Gasteiger charge is -2.26. The van der Waals surface area contributed by atoms with Gasteiger partial charge in [-0.25, -0.2) is 4.99 Å². The van der Waals surface area contributed by atoms with Crippen LogP contribution in [0.15, 0.2) is 77.8 Å². The van der Waals surface area contributed by atoms with Crippen LogP contribution >= 0.6 is 35.7 Å². The van der Waals surface area contributed by atoms with Crippen LogP contribution in [-0.4, -0.2) is 30.5 Å².